The molecule has 1 N–H and O–H groups in total. The minimum atomic E-state index is 0.297. The minimum absolute atomic E-state index is 0.297. The van der Waals surface area contributed by atoms with E-state index < -0.39 is 0 Å². The second-order valence-corrected chi connectivity index (χ2v) is 5.23. The van der Waals surface area contributed by atoms with E-state index in [4.69, 9.17) is 0 Å². The Hall–Kier alpha value is -1.76. The van der Waals surface area contributed by atoms with Crippen LogP contribution in [0.15, 0.2) is 12.4 Å². The average Bonchev–Trinajstić information content (AvgIpc) is 2.95. The number of nitrogens with one attached hydrogen (secondary N) is 1. The largest absolute Gasteiger partial charge is 0.355 e. The quantitative estimate of drug-likeness (QED) is 0.820. The van der Waals surface area contributed by atoms with E-state index in [1.165, 1.54) is 0 Å². The summed E-state index contributed by atoms with van der Waals surface area (Å²) in [5, 5.41) is 14.9. The van der Waals surface area contributed by atoms with Crippen LogP contribution >= 0.6 is 0 Å². The lowest BCUT2D eigenvalue weighted by atomic mass is 9.90. The monoisotopic (exact) mass is 247 g/mol. The zero-order chi connectivity index (χ0) is 12.6. The highest BCUT2D eigenvalue weighted by atomic mass is 15.5. The van der Waals surface area contributed by atoms with Crippen molar-refractivity contribution < 1.29 is 0 Å². The van der Waals surface area contributed by atoms with Crippen molar-refractivity contribution >= 4 is 11.5 Å². The summed E-state index contributed by atoms with van der Waals surface area (Å²) in [6.07, 6.45) is 4.66. The van der Waals surface area contributed by atoms with Crippen LogP contribution in [-0.2, 0) is 0 Å². The molecule has 0 saturated carbocycles. The third-order valence-corrected chi connectivity index (χ3v) is 3.58. The molecule has 2 aromatic rings. The van der Waals surface area contributed by atoms with Crippen LogP contribution in [0, 0.1) is 5.41 Å². The maximum absolute atomic E-state index is 4.20. The maximum Gasteiger partial charge on any atom is 0.199 e. The fourth-order valence-corrected chi connectivity index (χ4v) is 2.67. The van der Waals surface area contributed by atoms with Gasteiger partial charge in [-0.25, -0.2) is 0 Å². The Balaban J connectivity index is 1.90. The van der Waals surface area contributed by atoms with Crippen molar-refractivity contribution in [1.82, 2.24) is 30.3 Å². The second kappa shape index (κ2) is 4.16. The first-order valence-electron chi connectivity index (χ1n) is 6.13. The predicted molar refractivity (Wildman–Crippen MR) is 67.4 cm³/mol. The number of rotatable bonds is 3. The van der Waals surface area contributed by atoms with Crippen LogP contribution in [0.1, 0.15) is 13.3 Å². The first-order chi connectivity index (χ1) is 8.72. The number of nitrogens with zero attached hydrogens (tertiary/aromatic N) is 6. The van der Waals surface area contributed by atoms with E-state index in [0.29, 0.717) is 11.1 Å². The van der Waals surface area contributed by atoms with Gasteiger partial charge in [0.2, 0.25) is 0 Å². The van der Waals surface area contributed by atoms with Gasteiger partial charge in [0.05, 0.1) is 12.4 Å². The van der Waals surface area contributed by atoms with Crippen molar-refractivity contribution in [2.75, 3.05) is 31.6 Å². The third-order valence-electron chi connectivity index (χ3n) is 3.58. The van der Waals surface area contributed by atoms with Crippen molar-refractivity contribution in [2.45, 2.75) is 13.3 Å². The smallest absolute Gasteiger partial charge is 0.199 e. The zero-order valence-electron chi connectivity index (χ0n) is 10.7. The van der Waals surface area contributed by atoms with Gasteiger partial charge in [0, 0.05) is 19.6 Å². The molecule has 0 spiro atoms. The molecule has 1 saturated heterocycles. The summed E-state index contributed by atoms with van der Waals surface area (Å²) >= 11 is 0. The molecule has 1 atom stereocenters. The summed E-state index contributed by atoms with van der Waals surface area (Å²) in [6, 6.07) is 0. The van der Waals surface area contributed by atoms with Gasteiger partial charge in [-0.1, -0.05) is 6.92 Å². The molecular formula is C11H17N7. The highest BCUT2D eigenvalue weighted by molar-refractivity contribution is 5.47. The molecule has 1 aliphatic rings. The van der Waals surface area contributed by atoms with Crippen LogP contribution in [0.25, 0.3) is 5.65 Å². The van der Waals surface area contributed by atoms with Crippen LogP contribution in [0.5, 0.6) is 0 Å². The molecule has 7 nitrogen and oxygen atoms in total. The Kier molecular flexibility index (Phi) is 2.62. The number of hydrogen-bond donors (Lipinski definition) is 1. The molecule has 0 bridgehead atoms. The molecule has 1 unspecified atom stereocenters. The molecule has 18 heavy (non-hydrogen) atoms. The summed E-state index contributed by atoms with van der Waals surface area (Å²) in [6.45, 7) is 5.33. The lowest BCUT2D eigenvalue weighted by Gasteiger charge is -2.24. The van der Waals surface area contributed by atoms with E-state index in [2.05, 4.69) is 37.6 Å². The van der Waals surface area contributed by atoms with Gasteiger partial charge in [0.15, 0.2) is 11.5 Å². The summed E-state index contributed by atoms with van der Waals surface area (Å²) < 4.78 is 1.75. The van der Waals surface area contributed by atoms with Gasteiger partial charge in [-0.2, -0.15) is 4.52 Å². The Morgan fingerprint density at radius 2 is 2.33 bits per heavy atom. The van der Waals surface area contributed by atoms with Crippen molar-refractivity contribution in [3.8, 4) is 0 Å². The van der Waals surface area contributed by atoms with Crippen LogP contribution in [-0.4, -0.2) is 51.7 Å². The van der Waals surface area contributed by atoms with E-state index >= 15 is 0 Å². The Bertz CT molecular complexity index is 551. The van der Waals surface area contributed by atoms with Gasteiger partial charge in [0.1, 0.15) is 0 Å². The van der Waals surface area contributed by atoms with E-state index in [1.807, 2.05) is 13.2 Å². The van der Waals surface area contributed by atoms with Gasteiger partial charge in [-0.3, -0.25) is 4.98 Å². The number of fused-ring (bicyclic) bond motifs is 1. The van der Waals surface area contributed by atoms with Crippen LogP contribution < -0.4 is 10.2 Å². The van der Waals surface area contributed by atoms with E-state index in [0.717, 1.165) is 31.9 Å². The first-order valence-corrected chi connectivity index (χ1v) is 6.13. The lowest BCUT2D eigenvalue weighted by Crippen LogP contribution is -2.33. The Labute approximate surface area is 105 Å². The van der Waals surface area contributed by atoms with E-state index in [9.17, 15) is 0 Å². The highest BCUT2D eigenvalue weighted by Crippen LogP contribution is 2.32. The maximum atomic E-state index is 4.20. The number of anilines is 1. The van der Waals surface area contributed by atoms with Crippen molar-refractivity contribution in [3.63, 3.8) is 0 Å². The molecule has 96 valence electrons. The Morgan fingerprint density at radius 3 is 3.17 bits per heavy atom. The summed E-state index contributed by atoms with van der Waals surface area (Å²) in [5.41, 5.74) is 0.986. The molecule has 0 radical (unpaired) electrons. The number of hydrogen-bond acceptors (Lipinski definition) is 6. The number of tetrazole rings is 1. The average molecular weight is 247 g/mol. The molecule has 0 aliphatic carbocycles. The Morgan fingerprint density at radius 1 is 1.44 bits per heavy atom. The molecule has 0 aromatic carbocycles. The minimum Gasteiger partial charge on any atom is -0.355 e. The van der Waals surface area contributed by atoms with Crippen LogP contribution in [0.4, 0.5) is 5.82 Å². The molecule has 0 amide bonds. The first kappa shape index (κ1) is 11.3. The molecule has 7 heteroatoms. The third kappa shape index (κ3) is 1.80. The molecule has 1 fully saturated rings. The predicted octanol–water partition coefficient (Wildman–Crippen LogP) is -0.0449. The lowest BCUT2D eigenvalue weighted by molar-refractivity contribution is 0.355. The molecular weight excluding hydrogens is 230 g/mol. The highest BCUT2D eigenvalue weighted by Gasteiger charge is 2.34. The molecule has 3 heterocycles. The van der Waals surface area contributed by atoms with Gasteiger partial charge in [-0.05, 0) is 29.3 Å². The SMILES string of the molecule is CNCC1(C)CCN(c2cncc3nnnn23)C1. The van der Waals surface area contributed by atoms with E-state index in [-0.39, 0.29) is 0 Å². The molecule has 2 aromatic heterocycles. The normalized spacial score (nSPS) is 24.0. The van der Waals surface area contributed by atoms with Gasteiger partial charge < -0.3 is 10.2 Å². The fourth-order valence-electron chi connectivity index (χ4n) is 2.67. The molecule has 3 rings (SSSR count). The summed E-state index contributed by atoms with van der Waals surface area (Å²) in [7, 11) is 2.00. The summed E-state index contributed by atoms with van der Waals surface area (Å²) in [4.78, 5) is 6.50. The number of aromatic nitrogens is 5. The van der Waals surface area contributed by atoms with Gasteiger partial charge in [0.25, 0.3) is 0 Å². The van der Waals surface area contributed by atoms with Gasteiger partial charge in [-0.15, -0.1) is 5.10 Å². The van der Waals surface area contributed by atoms with Crippen molar-refractivity contribution in [3.05, 3.63) is 12.4 Å². The molecule has 1 aliphatic heterocycles. The summed E-state index contributed by atoms with van der Waals surface area (Å²) in [5.74, 6) is 0.970. The van der Waals surface area contributed by atoms with Crippen LogP contribution in [0.2, 0.25) is 0 Å². The zero-order valence-corrected chi connectivity index (χ0v) is 10.7. The van der Waals surface area contributed by atoms with Crippen molar-refractivity contribution in [2.24, 2.45) is 5.41 Å². The van der Waals surface area contributed by atoms with Gasteiger partial charge >= 0.3 is 0 Å². The topological polar surface area (TPSA) is 71.2 Å². The van der Waals surface area contributed by atoms with Crippen LogP contribution in [0.3, 0.4) is 0 Å². The van der Waals surface area contributed by atoms with E-state index in [1.54, 1.807) is 10.7 Å². The second-order valence-electron chi connectivity index (χ2n) is 5.23. The van der Waals surface area contributed by atoms with Crippen molar-refractivity contribution in [1.29, 1.82) is 0 Å². The standard InChI is InChI=1S/C11H17N7/c1-11(7-12-2)3-4-17(8-11)10-6-13-5-9-14-15-16-18(9)10/h5-6,12H,3-4,7-8H2,1-2H3. The fraction of sp³-hybridized carbons (Fsp3) is 0.636.